The molecule has 0 unspecified atom stereocenters. The molecule has 6 nitrogen and oxygen atoms in total. The average molecular weight is 216 g/mol. The van der Waals surface area contributed by atoms with Crippen LogP contribution in [0.2, 0.25) is 0 Å². The van der Waals surface area contributed by atoms with Crippen molar-refractivity contribution in [2.45, 2.75) is 19.4 Å². The lowest BCUT2D eigenvalue weighted by molar-refractivity contribution is -0.146. The van der Waals surface area contributed by atoms with E-state index in [-0.39, 0.29) is 6.54 Å². The van der Waals surface area contributed by atoms with Gasteiger partial charge in [-0.15, -0.1) is 0 Å². The van der Waals surface area contributed by atoms with Crippen molar-refractivity contribution in [2.75, 3.05) is 13.1 Å². The number of carbonyl (C=O) groups excluding carboxylic acids is 1. The maximum absolute atomic E-state index is 11.0. The molecule has 0 rings (SSSR count). The molecule has 1 atom stereocenters. The summed E-state index contributed by atoms with van der Waals surface area (Å²) in [5.41, 5.74) is 0. The van der Waals surface area contributed by atoms with Crippen molar-refractivity contribution < 1.29 is 19.8 Å². The largest absolute Gasteiger partial charge is 0.479 e. The first-order valence-corrected chi connectivity index (χ1v) is 4.61. The summed E-state index contributed by atoms with van der Waals surface area (Å²) < 4.78 is 0. The SMILES string of the molecule is C/C=C/CCNC(=O)NC[C@H](O)C(=O)O. The lowest BCUT2D eigenvalue weighted by atomic mass is 10.3. The van der Waals surface area contributed by atoms with Gasteiger partial charge in [0.1, 0.15) is 0 Å². The van der Waals surface area contributed by atoms with Crippen LogP contribution in [0.25, 0.3) is 0 Å². The van der Waals surface area contributed by atoms with Crippen LogP contribution in [0.4, 0.5) is 4.79 Å². The van der Waals surface area contributed by atoms with Crippen LogP contribution in [0.3, 0.4) is 0 Å². The normalized spacial score (nSPS) is 12.4. The van der Waals surface area contributed by atoms with Crippen molar-refractivity contribution in [2.24, 2.45) is 0 Å². The van der Waals surface area contributed by atoms with E-state index in [0.29, 0.717) is 13.0 Å². The number of carboxylic acid groups (broad SMARTS) is 1. The fourth-order valence-corrected chi connectivity index (χ4v) is 0.775. The molecule has 0 heterocycles. The standard InChI is InChI=1S/C9H16N2O4/c1-2-3-4-5-10-9(15)11-6-7(12)8(13)14/h2-3,7,12H,4-6H2,1H3,(H,13,14)(H2,10,11,15)/b3-2+/t7-/m0/s1. The highest BCUT2D eigenvalue weighted by atomic mass is 16.4. The molecule has 0 saturated carbocycles. The molecule has 0 saturated heterocycles. The Bertz CT molecular complexity index is 240. The Hall–Kier alpha value is -1.56. The maximum atomic E-state index is 11.0. The van der Waals surface area contributed by atoms with E-state index in [1.54, 1.807) is 0 Å². The second-order valence-corrected chi connectivity index (χ2v) is 2.85. The zero-order chi connectivity index (χ0) is 11.7. The molecule has 86 valence electrons. The highest BCUT2D eigenvalue weighted by molar-refractivity contribution is 5.76. The Morgan fingerprint density at radius 3 is 2.60 bits per heavy atom. The van der Waals surface area contributed by atoms with Crippen LogP contribution in [0.5, 0.6) is 0 Å². The van der Waals surface area contributed by atoms with E-state index >= 15 is 0 Å². The third kappa shape index (κ3) is 7.51. The molecule has 0 aliphatic heterocycles. The Labute approximate surface area is 88.0 Å². The van der Waals surface area contributed by atoms with E-state index in [2.05, 4.69) is 10.6 Å². The first-order chi connectivity index (χ1) is 7.07. The van der Waals surface area contributed by atoms with E-state index in [1.807, 2.05) is 19.1 Å². The Balaban J connectivity index is 3.53. The fourth-order valence-electron chi connectivity index (χ4n) is 0.775. The van der Waals surface area contributed by atoms with E-state index in [1.165, 1.54) is 0 Å². The molecule has 2 amide bonds. The van der Waals surface area contributed by atoms with E-state index in [9.17, 15) is 9.59 Å². The van der Waals surface area contributed by atoms with Crippen molar-refractivity contribution in [1.82, 2.24) is 10.6 Å². The molecule has 6 heteroatoms. The van der Waals surface area contributed by atoms with Gasteiger partial charge in [0, 0.05) is 6.54 Å². The van der Waals surface area contributed by atoms with Crippen molar-refractivity contribution >= 4 is 12.0 Å². The summed E-state index contributed by atoms with van der Waals surface area (Å²) in [4.78, 5) is 21.2. The van der Waals surface area contributed by atoms with Crippen molar-refractivity contribution in [3.63, 3.8) is 0 Å². The quantitative estimate of drug-likeness (QED) is 0.362. The van der Waals surface area contributed by atoms with Gasteiger partial charge in [-0.2, -0.15) is 0 Å². The first kappa shape index (κ1) is 13.4. The predicted molar refractivity (Wildman–Crippen MR) is 54.5 cm³/mol. The number of nitrogens with one attached hydrogen (secondary N) is 2. The highest BCUT2D eigenvalue weighted by Crippen LogP contribution is 1.81. The minimum Gasteiger partial charge on any atom is -0.479 e. The number of carbonyl (C=O) groups is 2. The van der Waals surface area contributed by atoms with Crippen molar-refractivity contribution in [3.8, 4) is 0 Å². The van der Waals surface area contributed by atoms with Crippen LogP contribution < -0.4 is 10.6 Å². The van der Waals surface area contributed by atoms with E-state index < -0.39 is 18.1 Å². The predicted octanol–water partition coefficient (Wildman–Crippen LogP) is -0.303. The van der Waals surface area contributed by atoms with Gasteiger partial charge in [-0.05, 0) is 13.3 Å². The van der Waals surface area contributed by atoms with Gasteiger partial charge in [-0.25, -0.2) is 9.59 Å². The summed E-state index contributed by atoms with van der Waals surface area (Å²) >= 11 is 0. The Kier molecular flexibility index (Phi) is 7.00. The zero-order valence-corrected chi connectivity index (χ0v) is 8.56. The summed E-state index contributed by atoms with van der Waals surface area (Å²) in [5, 5.41) is 21.9. The number of aliphatic hydroxyl groups excluding tert-OH is 1. The lowest BCUT2D eigenvalue weighted by Crippen LogP contribution is -2.42. The summed E-state index contributed by atoms with van der Waals surface area (Å²) in [6.07, 6.45) is 2.91. The molecule has 0 bridgehead atoms. The van der Waals surface area contributed by atoms with Gasteiger partial charge in [0.05, 0.1) is 6.54 Å². The minimum absolute atomic E-state index is 0.301. The molecule has 15 heavy (non-hydrogen) atoms. The number of aliphatic hydroxyl groups is 1. The molecule has 4 N–H and O–H groups in total. The second kappa shape index (κ2) is 7.81. The third-order valence-electron chi connectivity index (χ3n) is 1.57. The number of aliphatic carboxylic acids is 1. The summed E-state index contributed by atoms with van der Waals surface area (Å²) in [6.45, 7) is 2.05. The minimum atomic E-state index is -1.56. The smallest absolute Gasteiger partial charge is 0.334 e. The number of rotatable bonds is 6. The number of carboxylic acids is 1. The topological polar surface area (TPSA) is 98.7 Å². The molecule has 0 radical (unpaired) electrons. The van der Waals surface area contributed by atoms with Gasteiger partial charge in [-0.1, -0.05) is 12.2 Å². The summed E-state index contributed by atoms with van der Waals surface area (Å²) in [7, 11) is 0. The third-order valence-corrected chi connectivity index (χ3v) is 1.57. The monoisotopic (exact) mass is 216 g/mol. The van der Waals surface area contributed by atoms with Crippen LogP contribution in [-0.4, -0.2) is 41.4 Å². The van der Waals surface area contributed by atoms with Gasteiger partial charge in [0.2, 0.25) is 0 Å². The second-order valence-electron chi connectivity index (χ2n) is 2.85. The lowest BCUT2D eigenvalue weighted by Gasteiger charge is -2.08. The van der Waals surface area contributed by atoms with Crippen LogP contribution in [-0.2, 0) is 4.79 Å². The number of urea groups is 1. The van der Waals surface area contributed by atoms with Crippen molar-refractivity contribution in [3.05, 3.63) is 12.2 Å². The molecule has 0 aliphatic rings. The van der Waals surface area contributed by atoms with Gasteiger partial charge >= 0.3 is 12.0 Å². The Morgan fingerprint density at radius 1 is 1.40 bits per heavy atom. The molecule has 0 aromatic carbocycles. The van der Waals surface area contributed by atoms with Gasteiger partial charge < -0.3 is 20.8 Å². The van der Waals surface area contributed by atoms with Crippen molar-refractivity contribution in [1.29, 1.82) is 0 Å². The number of amides is 2. The van der Waals surface area contributed by atoms with Crippen LogP contribution in [0.1, 0.15) is 13.3 Å². The van der Waals surface area contributed by atoms with Gasteiger partial charge in [-0.3, -0.25) is 0 Å². The number of allylic oxidation sites excluding steroid dienone is 1. The molecule has 0 aromatic rings. The molecule has 0 aromatic heterocycles. The molecule has 0 spiro atoms. The van der Waals surface area contributed by atoms with Gasteiger partial charge in [0.15, 0.2) is 6.10 Å². The van der Waals surface area contributed by atoms with Gasteiger partial charge in [0.25, 0.3) is 0 Å². The van der Waals surface area contributed by atoms with Crippen LogP contribution >= 0.6 is 0 Å². The summed E-state index contributed by atoms with van der Waals surface area (Å²) in [5.74, 6) is -1.36. The maximum Gasteiger partial charge on any atom is 0.334 e. The Morgan fingerprint density at radius 2 is 2.07 bits per heavy atom. The molecule has 0 fully saturated rings. The van der Waals surface area contributed by atoms with Crippen LogP contribution in [0, 0.1) is 0 Å². The highest BCUT2D eigenvalue weighted by Gasteiger charge is 2.13. The number of hydrogen-bond acceptors (Lipinski definition) is 3. The molecular weight excluding hydrogens is 200 g/mol. The average Bonchev–Trinajstić information content (AvgIpc) is 2.20. The zero-order valence-electron chi connectivity index (χ0n) is 8.56. The number of hydrogen-bond donors (Lipinski definition) is 4. The van der Waals surface area contributed by atoms with E-state index in [0.717, 1.165) is 0 Å². The fraction of sp³-hybridized carbons (Fsp3) is 0.556. The summed E-state index contributed by atoms with van der Waals surface area (Å²) in [6, 6.07) is -0.486. The molecular formula is C9H16N2O4. The molecule has 0 aliphatic carbocycles. The van der Waals surface area contributed by atoms with Crippen LogP contribution in [0.15, 0.2) is 12.2 Å². The van der Waals surface area contributed by atoms with E-state index in [4.69, 9.17) is 10.2 Å². The first-order valence-electron chi connectivity index (χ1n) is 4.61.